The van der Waals surface area contributed by atoms with Crippen molar-refractivity contribution in [2.75, 3.05) is 86.9 Å². The zero-order valence-electron chi connectivity index (χ0n) is 56.1. The van der Waals surface area contributed by atoms with Gasteiger partial charge in [-0.2, -0.15) is 0 Å². The van der Waals surface area contributed by atoms with Crippen LogP contribution >= 0.6 is 0 Å². The summed E-state index contributed by atoms with van der Waals surface area (Å²) >= 11 is 0. The first-order valence-corrected chi connectivity index (χ1v) is 30.5. The van der Waals surface area contributed by atoms with Gasteiger partial charge in [0, 0.05) is 57.6 Å². The summed E-state index contributed by atoms with van der Waals surface area (Å²) in [5, 5.41) is 9.48. The van der Waals surface area contributed by atoms with Gasteiger partial charge in [0.1, 0.15) is 64.7 Å². The molecule has 0 saturated heterocycles. The van der Waals surface area contributed by atoms with E-state index in [1.165, 1.54) is 14.0 Å². The molecule has 0 aliphatic rings. The van der Waals surface area contributed by atoms with E-state index in [1.807, 2.05) is 90.0 Å². The van der Waals surface area contributed by atoms with E-state index in [0.717, 1.165) is 12.8 Å². The lowest BCUT2D eigenvalue weighted by atomic mass is 9.84. The largest absolute Gasteiger partial charge is 0.469 e. The van der Waals surface area contributed by atoms with Crippen molar-refractivity contribution in [3.8, 4) is 0 Å². The first-order chi connectivity index (χ1) is 40.2. The third-order valence-electron chi connectivity index (χ3n) is 13.4. The number of carbonyl (C=O) groups is 10. The Morgan fingerprint density at radius 1 is 0.407 bits per heavy atom. The molecule has 0 radical (unpaired) electrons. The van der Waals surface area contributed by atoms with Gasteiger partial charge in [-0.05, 0) is 113 Å². The number of carbonyl (C=O) groups excluding carboxylic acids is 10. The molecule has 0 spiro atoms. The van der Waals surface area contributed by atoms with Crippen molar-refractivity contribution in [1.82, 2.24) is 0 Å². The fourth-order valence-electron chi connectivity index (χ4n) is 6.27. The second-order valence-electron chi connectivity index (χ2n) is 23.3. The Morgan fingerprint density at radius 2 is 0.733 bits per heavy atom. The van der Waals surface area contributed by atoms with Crippen LogP contribution in [0.4, 0.5) is 0 Å². The lowest BCUT2D eigenvalue weighted by Crippen LogP contribution is -2.45. The van der Waals surface area contributed by atoms with E-state index < -0.39 is 58.2 Å². The van der Waals surface area contributed by atoms with Crippen LogP contribution < -0.4 is 0 Å². The minimum atomic E-state index is -1.27. The molecule has 86 heavy (non-hydrogen) atoms. The van der Waals surface area contributed by atoms with Crippen LogP contribution in [0.1, 0.15) is 220 Å². The SMILES string of the molecule is C=C(C)C(=O)OCC(O)COC(=O)C(C)(C)CC.CCC(C)(C)C(=O)OC.CCC(C)(C)C(=O)OCCOC.CCCC(=O)CCC(COCC(COC(=O)CCC)(COC(=O)CCC)COC(=O)CCC)(COC(=O)CCC)COC(=O)CCC. The zero-order valence-corrected chi connectivity index (χ0v) is 56.1. The fraction of sp³-hybridized carbons (Fsp3) is 0.812. The van der Waals surface area contributed by atoms with Crippen molar-refractivity contribution in [1.29, 1.82) is 0 Å². The van der Waals surface area contributed by atoms with Crippen LogP contribution in [0.5, 0.6) is 0 Å². The van der Waals surface area contributed by atoms with E-state index in [0.29, 0.717) is 64.6 Å². The van der Waals surface area contributed by atoms with Gasteiger partial charge < -0.3 is 57.2 Å². The Balaban J connectivity index is -0.000000690. The van der Waals surface area contributed by atoms with Crippen LogP contribution in [0.3, 0.4) is 0 Å². The van der Waals surface area contributed by atoms with E-state index in [1.54, 1.807) is 21.0 Å². The molecule has 0 fully saturated rings. The van der Waals surface area contributed by atoms with Gasteiger partial charge in [-0.15, -0.1) is 0 Å². The van der Waals surface area contributed by atoms with E-state index in [2.05, 4.69) is 11.3 Å². The maximum Gasteiger partial charge on any atom is 0.333 e. The average molecular weight is 1240 g/mol. The number of hydrogen-bond donors (Lipinski definition) is 1. The quantitative estimate of drug-likeness (QED) is 0.0257. The number of Topliss-reactive ketones (excluding diaryl/α,β-unsaturated/α-hetero) is 1. The van der Waals surface area contributed by atoms with E-state index in [9.17, 15) is 53.1 Å². The molecule has 1 unspecified atom stereocenters. The predicted molar refractivity (Wildman–Crippen MR) is 324 cm³/mol. The number of esters is 9. The zero-order chi connectivity index (χ0) is 67.0. The first kappa shape index (κ1) is 87.0. The van der Waals surface area contributed by atoms with Crippen molar-refractivity contribution < 1.29 is 105 Å². The lowest BCUT2D eigenvalue weighted by molar-refractivity contribution is -0.171. The van der Waals surface area contributed by atoms with Crippen molar-refractivity contribution in [3.05, 3.63) is 12.2 Å². The van der Waals surface area contributed by atoms with Gasteiger partial charge in [-0.3, -0.25) is 43.2 Å². The first-order valence-electron chi connectivity index (χ1n) is 30.5. The molecule has 0 amide bonds. The summed E-state index contributed by atoms with van der Waals surface area (Å²) in [6, 6.07) is 0. The highest BCUT2D eigenvalue weighted by Gasteiger charge is 2.40. The van der Waals surface area contributed by atoms with E-state index in [-0.39, 0.29) is 145 Å². The summed E-state index contributed by atoms with van der Waals surface area (Å²) in [6.45, 7) is 31.9. The van der Waals surface area contributed by atoms with Crippen LogP contribution in [0.25, 0.3) is 0 Å². The highest BCUT2D eigenvalue weighted by molar-refractivity contribution is 5.87. The predicted octanol–water partition coefficient (Wildman–Crippen LogP) is 10.5. The van der Waals surface area contributed by atoms with Crippen molar-refractivity contribution in [2.24, 2.45) is 27.1 Å². The maximum atomic E-state index is 12.6. The number of hydrogen-bond acceptors (Lipinski definition) is 22. The topological polar surface area (TPSA) is 292 Å². The Hall–Kier alpha value is -5.48. The third kappa shape index (κ3) is 43.2. The second kappa shape index (κ2) is 49.5. The van der Waals surface area contributed by atoms with E-state index >= 15 is 0 Å². The molecule has 0 aromatic rings. The van der Waals surface area contributed by atoms with Crippen molar-refractivity contribution in [2.45, 2.75) is 226 Å². The molecule has 1 N–H and O–H groups in total. The van der Waals surface area contributed by atoms with Gasteiger partial charge in [0.2, 0.25) is 0 Å². The summed E-state index contributed by atoms with van der Waals surface area (Å²) in [5.74, 6) is -3.49. The molecule has 0 aliphatic carbocycles. The molecule has 22 nitrogen and oxygen atoms in total. The number of methoxy groups -OCH3 is 2. The Morgan fingerprint density at radius 3 is 1.05 bits per heavy atom. The normalized spacial score (nSPS) is 11.7. The molecule has 0 rings (SSSR count). The van der Waals surface area contributed by atoms with Crippen molar-refractivity contribution >= 4 is 59.5 Å². The summed E-state index contributed by atoms with van der Waals surface area (Å²) in [7, 11) is 3.00. The third-order valence-corrected chi connectivity index (χ3v) is 13.4. The van der Waals surface area contributed by atoms with Gasteiger partial charge in [0.15, 0.2) is 0 Å². The highest BCUT2D eigenvalue weighted by Crippen LogP contribution is 2.31. The summed E-state index contributed by atoms with van der Waals surface area (Å²) in [6.07, 6.45) is 6.38. The van der Waals surface area contributed by atoms with Gasteiger partial charge in [0.05, 0.1) is 54.0 Å². The standard InChI is InChI=1S/C35H60O12.C13H22O5.C9H18O3.C7H14O2/c1-7-13-28(36)19-20-34(23-43-29(37)14-8-2,24-44-30(38)15-9-3)21-42-22-35(25-45-31(39)16-10-4,26-46-32(40)17-11-5)27-47-33(41)18-12-6;1-6-13(4,5)12(16)18-8-10(14)7-17-11(15)9(2)3;1-5-9(2,3)8(10)12-7-6-11-4;1-5-7(2,3)6(8)9-4/h7-27H2,1-6H3;10,14H,2,6-8H2,1,3-5H3;5-7H2,1-4H3;5H2,1-4H3. The molecule has 0 aromatic heterocycles. The molecule has 0 bridgehead atoms. The Bertz CT molecular complexity index is 1790. The summed E-state index contributed by atoms with van der Waals surface area (Å²) < 4.78 is 58.1. The van der Waals surface area contributed by atoms with Crippen LogP contribution in [0.2, 0.25) is 0 Å². The van der Waals surface area contributed by atoms with Crippen LogP contribution in [-0.4, -0.2) is 158 Å². The molecule has 0 saturated carbocycles. The minimum Gasteiger partial charge on any atom is -0.469 e. The second-order valence-corrected chi connectivity index (χ2v) is 23.3. The highest BCUT2D eigenvalue weighted by atomic mass is 16.6. The molecule has 0 heterocycles. The number of aliphatic hydroxyl groups is 1. The van der Waals surface area contributed by atoms with Gasteiger partial charge >= 0.3 is 53.7 Å². The smallest absolute Gasteiger partial charge is 0.333 e. The van der Waals surface area contributed by atoms with Crippen LogP contribution in [-0.2, 0) is 100 Å². The average Bonchev–Trinajstić information content (AvgIpc) is 3.21. The Labute approximate surface area is 515 Å². The molecule has 1 atom stereocenters. The lowest BCUT2D eigenvalue weighted by Gasteiger charge is -2.36. The number of ether oxygens (including phenoxy) is 11. The number of ketones is 1. The Kier molecular flexibility index (Phi) is 50.1. The van der Waals surface area contributed by atoms with Crippen LogP contribution in [0, 0.1) is 27.1 Å². The van der Waals surface area contributed by atoms with Gasteiger partial charge in [0.25, 0.3) is 0 Å². The molecule has 22 heteroatoms. The summed E-state index contributed by atoms with van der Waals surface area (Å²) in [5.41, 5.74) is -3.35. The fourth-order valence-corrected chi connectivity index (χ4v) is 6.27. The molecule has 502 valence electrons. The number of aliphatic hydroxyl groups excluding tert-OH is 1. The van der Waals surface area contributed by atoms with Gasteiger partial charge in [-0.1, -0.05) is 68.9 Å². The molecular weight excluding hydrogens is 1120 g/mol. The monoisotopic (exact) mass is 1230 g/mol. The summed E-state index contributed by atoms with van der Waals surface area (Å²) in [4.78, 5) is 119. The number of rotatable bonds is 43. The van der Waals surface area contributed by atoms with Gasteiger partial charge in [-0.25, -0.2) is 4.79 Å². The van der Waals surface area contributed by atoms with Crippen molar-refractivity contribution in [3.63, 3.8) is 0 Å². The maximum absolute atomic E-state index is 12.6. The molecule has 0 aliphatic heterocycles. The van der Waals surface area contributed by atoms with E-state index in [4.69, 9.17) is 47.4 Å². The molecule has 0 aromatic carbocycles. The molecular formula is C64H114O22. The van der Waals surface area contributed by atoms with Crippen LogP contribution in [0.15, 0.2) is 12.2 Å². The minimum absolute atomic E-state index is 0.0134.